The molecule has 200 valence electrons. The summed E-state index contributed by atoms with van der Waals surface area (Å²) in [6, 6.07) is 19.4. The van der Waals surface area contributed by atoms with Crippen LogP contribution in [0.15, 0.2) is 73.1 Å². The fourth-order valence-corrected chi connectivity index (χ4v) is 5.27. The van der Waals surface area contributed by atoms with E-state index in [0.717, 1.165) is 55.6 Å². The number of carbonyl (C=O) groups excluding carboxylic acids is 1. The summed E-state index contributed by atoms with van der Waals surface area (Å²) in [5.41, 5.74) is 3.91. The lowest BCUT2D eigenvalue weighted by Crippen LogP contribution is -2.42. The third-order valence-corrected chi connectivity index (χ3v) is 7.25. The maximum atomic E-state index is 12.7. The Bertz CT molecular complexity index is 1190. The molecule has 0 aliphatic carbocycles. The van der Waals surface area contributed by atoms with E-state index in [2.05, 4.69) is 15.2 Å². The number of hydrogen-bond donors (Lipinski definition) is 2. The Labute approximate surface area is 223 Å². The molecule has 8 heteroatoms. The van der Waals surface area contributed by atoms with Gasteiger partial charge in [0.15, 0.2) is 6.29 Å². The number of ether oxygens (including phenoxy) is 3. The molecule has 0 spiro atoms. The summed E-state index contributed by atoms with van der Waals surface area (Å²) in [5.74, 6) is -0.223. The average Bonchev–Trinajstić information content (AvgIpc) is 3.40. The number of rotatable bonds is 9. The van der Waals surface area contributed by atoms with Gasteiger partial charge < -0.3 is 24.6 Å². The maximum Gasteiger partial charge on any atom is 0.257 e. The minimum absolute atomic E-state index is 0.00751. The lowest BCUT2D eigenvalue weighted by molar-refractivity contribution is -0.253. The third-order valence-electron chi connectivity index (χ3n) is 7.25. The molecule has 2 N–H and O–H groups in total. The van der Waals surface area contributed by atoms with Crippen molar-refractivity contribution in [3.8, 4) is 0 Å². The molecule has 4 atom stereocenters. The van der Waals surface area contributed by atoms with Gasteiger partial charge in [-0.3, -0.25) is 14.7 Å². The van der Waals surface area contributed by atoms with Crippen LogP contribution in [0, 0.1) is 0 Å². The minimum Gasteiger partial charge on any atom is -0.392 e. The first-order valence-corrected chi connectivity index (χ1v) is 13.2. The van der Waals surface area contributed by atoms with Crippen molar-refractivity contribution < 1.29 is 24.1 Å². The molecular weight excluding hydrogens is 482 g/mol. The van der Waals surface area contributed by atoms with E-state index >= 15 is 0 Å². The number of nitrogens with one attached hydrogen (secondary N) is 1. The zero-order valence-corrected chi connectivity index (χ0v) is 21.7. The molecule has 5 rings (SSSR count). The average molecular weight is 518 g/mol. The second-order valence-corrected chi connectivity index (χ2v) is 9.92. The van der Waals surface area contributed by atoms with Gasteiger partial charge in [-0.1, -0.05) is 36.4 Å². The fraction of sp³-hybridized carbons (Fsp3) is 0.400. The number of aliphatic hydroxyl groups is 1. The van der Waals surface area contributed by atoms with E-state index in [1.807, 2.05) is 48.5 Å². The van der Waals surface area contributed by atoms with Gasteiger partial charge in [0.2, 0.25) is 0 Å². The smallest absolute Gasteiger partial charge is 0.257 e. The van der Waals surface area contributed by atoms with Gasteiger partial charge in [-0.2, -0.15) is 0 Å². The third kappa shape index (κ3) is 6.46. The Balaban J connectivity index is 1.35. The number of carbonyl (C=O) groups is 1. The number of amides is 1. The van der Waals surface area contributed by atoms with Gasteiger partial charge >= 0.3 is 0 Å². The summed E-state index contributed by atoms with van der Waals surface area (Å²) in [6.45, 7) is 2.56. The largest absolute Gasteiger partial charge is 0.392 e. The van der Waals surface area contributed by atoms with Crippen LogP contribution < -0.4 is 5.32 Å². The van der Waals surface area contributed by atoms with Gasteiger partial charge in [0.25, 0.3) is 5.91 Å². The molecule has 3 aromatic rings. The van der Waals surface area contributed by atoms with Crippen molar-refractivity contribution >= 4 is 11.6 Å². The Kier molecular flexibility index (Phi) is 8.78. The molecule has 0 radical (unpaired) electrons. The summed E-state index contributed by atoms with van der Waals surface area (Å²) in [7, 11) is 1.75. The van der Waals surface area contributed by atoms with Crippen molar-refractivity contribution in [1.29, 1.82) is 0 Å². The SMILES string of the molecule is COC[C@@H]1CCCN1C[C@@H]1C[C@H](c2ccc(CO)cc2)O[C@H](c2cccc(NC(=O)c3cccnc3)c2)O1. The lowest BCUT2D eigenvalue weighted by atomic mass is 9.99. The van der Waals surface area contributed by atoms with Crippen LogP contribution in [0.25, 0.3) is 0 Å². The fourth-order valence-electron chi connectivity index (χ4n) is 5.27. The Morgan fingerprint density at radius 3 is 2.76 bits per heavy atom. The zero-order valence-electron chi connectivity index (χ0n) is 21.7. The predicted molar refractivity (Wildman–Crippen MR) is 144 cm³/mol. The summed E-state index contributed by atoms with van der Waals surface area (Å²) in [4.78, 5) is 19.2. The van der Waals surface area contributed by atoms with Crippen molar-refractivity contribution in [2.45, 2.75) is 50.4 Å². The number of likely N-dealkylation sites (tertiary alicyclic amines) is 1. The number of methoxy groups -OCH3 is 1. The summed E-state index contributed by atoms with van der Waals surface area (Å²) < 4.78 is 18.5. The van der Waals surface area contributed by atoms with Crippen LogP contribution in [-0.4, -0.2) is 59.8 Å². The van der Waals surface area contributed by atoms with Gasteiger partial charge in [-0.25, -0.2) is 0 Å². The van der Waals surface area contributed by atoms with E-state index in [1.54, 1.807) is 31.6 Å². The highest BCUT2D eigenvalue weighted by molar-refractivity contribution is 6.04. The molecule has 2 aliphatic rings. The molecule has 0 saturated carbocycles. The van der Waals surface area contributed by atoms with Crippen LogP contribution in [0.1, 0.15) is 58.7 Å². The molecular formula is C30H35N3O5. The van der Waals surface area contributed by atoms with Gasteiger partial charge in [0, 0.05) is 49.8 Å². The highest BCUT2D eigenvalue weighted by atomic mass is 16.7. The van der Waals surface area contributed by atoms with Crippen LogP contribution in [0.2, 0.25) is 0 Å². The first-order valence-electron chi connectivity index (χ1n) is 13.2. The first-order chi connectivity index (χ1) is 18.6. The molecule has 1 aromatic heterocycles. The van der Waals surface area contributed by atoms with Crippen LogP contribution in [-0.2, 0) is 20.8 Å². The molecule has 0 bridgehead atoms. The molecule has 1 amide bonds. The number of anilines is 1. The standard InChI is InChI=1S/C30H35N3O5/c1-36-20-26-8-4-14-33(26)18-27-16-28(22-11-9-21(19-34)10-12-22)38-30(37-27)23-5-2-7-25(15-23)32-29(35)24-6-3-13-31-17-24/h2-3,5-7,9-13,15,17,26-28,30,34H,4,8,14,16,18-20H2,1H3,(H,32,35)/t26-,27-,28+,30+/m0/s1. The van der Waals surface area contributed by atoms with Crippen LogP contribution >= 0.6 is 0 Å². The van der Waals surface area contributed by atoms with Gasteiger partial charge in [-0.05, 0) is 54.8 Å². The van der Waals surface area contributed by atoms with Gasteiger partial charge in [0.05, 0.1) is 31.0 Å². The van der Waals surface area contributed by atoms with E-state index in [9.17, 15) is 9.90 Å². The second-order valence-electron chi connectivity index (χ2n) is 9.92. The van der Waals surface area contributed by atoms with E-state index < -0.39 is 6.29 Å². The van der Waals surface area contributed by atoms with Gasteiger partial charge in [-0.15, -0.1) is 0 Å². The molecule has 8 nitrogen and oxygen atoms in total. The molecule has 2 fully saturated rings. The number of aliphatic hydroxyl groups excluding tert-OH is 1. The van der Waals surface area contributed by atoms with E-state index in [0.29, 0.717) is 17.3 Å². The Hall–Kier alpha value is -3.14. The number of hydrogen-bond acceptors (Lipinski definition) is 7. The van der Waals surface area contributed by atoms with E-state index in [-0.39, 0.29) is 24.7 Å². The number of pyridine rings is 1. The summed E-state index contributed by atoms with van der Waals surface area (Å²) in [5, 5.41) is 12.4. The Morgan fingerprint density at radius 2 is 2.00 bits per heavy atom. The van der Waals surface area contributed by atoms with Crippen LogP contribution in [0.5, 0.6) is 0 Å². The normalized spacial score (nSPS) is 23.8. The topological polar surface area (TPSA) is 93.2 Å². The molecule has 2 aliphatic heterocycles. The summed E-state index contributed by atoms with van der Waals surface area (Å²) in [6.07, 6.45) is 5.40. The number of nitrogens with zero attached hydrogens (tertiary/aromatic N) is 2. The number of aromatic nitrogens is 1. The highest BCUT2D eigenvalue weighted by Crippen LogP contribution is 2.39. The predicted octanol–water partition coefficient (Wildman–Crippen LogP) is 4.48. The van der Waals surface area contributed by atoms with E-state index in [4.69, 9.17) is 14.2 Å². The quantitative estimate of drug-likeness (QED) is 0.432. The summed E-state index contributed by atoms with van der Waals surface area (Å²) >= 11 is 0. The minimum atomic E-state index is -0.588. The second kappa shape index (κ2) is 12.6. The van der Waals surface area contributed by atoms with Crippen molar-refractivity contribution in [3.63, 3.8) is 0 Å². The molecule has 3 heterocycles. The Morgan fingerprint density at radius 1 is 1.13 bits per heavy atom. The van der Waals surface area contributed by atoms with Crippen LogP contribution in [0.4, 0.5) is 5.69 Å². The zero-order chi connectivity index (χ0) is 26.3. The van der Waals surface area contributed by atoms with E-state index in [1.165, 1.54) is 0 Å². The van der Waals surface area contributed by atoms with Crippen molar-refractivity contribution in [3.05, 3.63) is 95.3 Å². The highest BCUT2D eigenvalue weighted by Gasteiger charge is 2.35. The first kappa shape index (κ1) is 26.5. The monoisotopic (exact) mass is 517 g/mol. The number of benzene rings is 2. The molecule has 0 unspecified atom stereocenters. The molecule has 2 saturated heterocycles. The van der Waals surface area contributed by atoms with Crippen molar-refractivity contribution in [2.24, 2.45) is 0 Å². The van der Waals surface area contributed by atoms with Gasteiger partial charge in [0.1, 0.15) is 0 Å². The molecule has 38 heavy (non-hydrogen) atoms. The van der Waals surface area contributed by atoms with Crippen LogP contribution in [0.3, 0.4) is 0 Å². The maximum absolute atomic E-state index is 12.7. The molecule has 2 aromatic carbocycles. The lowest BCUT2D eigenvalue weighted by Gasteiger charge is -2.39. The van der Waals surface area contributed by atoms with Crippen molar-refractivity contribution in [1.82, 2.24) is 9.88 Å². The van der Waals surface area contributed by atoms with Crippen molar-refractivity contribution in [2.75, 3.05) is 32.1 Å².